The van der Waals surface area contributed by atoms with Gasteiger partial charge >= 0.3 is 5.97 Å². The van der Waals surface area contributed by atoms with Crippen molar-refractivity contribution in [2.24, 2.45) is 0 Å². The van der Waals surface area contributed by atoms with Crippen LogP contribution in [0.3, 0.4) is 0 Å². The fourth-order valence-electron chi connectivity index (χ4n) is 2.05. The van der Waals surface area contributed by atoms with Gasteiger partial charge in [0.15, 0.2) is 5.69 Å². The van der Waals surface area contributed by atoms with Crippen molar-refractivity contribution in [3.63, 3.8) is 0 Å². The predicted molar refractivity (Wildman–Crippen MR) is 60.2 cm³/mol. The van der Waals surface area contributed by atoms with Crippen LogP contribution in [0.1, 0.15) is 54.8 Å². The molecule has 0 spiro atoms. The summed E-state index contributed by atoms with van der Waals surface area (Å²) in [7, 11) is 0. The van der Waals surface area contributed by atoms with Crippen molar-refractivity contribution in [1.82, 2.24) is 4.98 Å². The van der Waals surface area contributed by atoms with Gasteiger partial charge in [0.2, 0.25) is 11.7 Å². The molecule has 2 rings (SSSR count). The first-order valence-electron chi connectivity index (χ1n) is 6.12. The van der Waals surface area contributed by atoms with Gasteiger partial charge in [-0.15, -0.1) is 0 Å². The average molecular weight is 275 g/mol. The highest BCUT2D eigenvalue weighted by atomic mass is 19.3. The second-order valence-electron chi connectivity index (χ2n) is 4.26. The molecule has 0 saturated carbocycles. The SMILES string of the molecule is CCOC(=O)c1oc(C2CCOC2C)nc1C(F)F. The minimum atomic E-state index is -2.88. The quantitative estimate of drug-likeness (QED) is 0.790. The number of ether oxygens (including phenoxy) is 2. The van der Waals surface area contributed by atoms with Gasteiger partial charge in [0.1, 0.15) is 0 Å². The van der Waals surface area contributed by atoms with Gasteiger partial charge in [-0.2, -0.15) is 0 Å². The van der Waals surface area contributed by atoms with Crippen LogP contribution in [-0.2, 0) is 9.47 Å². The molecule has 106 valence electrons. The zero-order valence-electron chi connectivity index (χ0n) is 10.7. The van der Waals surface area contributed by atoms with E-state index < -0.39 is 23.8 Å². The number of halogens is 2. The normalized spacial score (nSPS) is 23.0. The molecule has 1 fully saturated rings. The maximum atomic E-state index is 12.9. The smallest absolute Gasteiger partial charge is 0.376 e. The molecule has 7 heteroatoms. The first-order valence-corrected chi connectivity index (χ1v) is 6.12. The topological polar surface area (TPSA) is 61.6 Å². The lowest BCUT2D eigenvalue weighted by Crippen LogP contribution is -2.09. The molecule has 0 radical (unpaired) electrons. The summed E-state index contributed by atoms with van der Waals surface area (Å²) in [5, 5.41) is 0. The van der Waals surface area contributed by atoms with Crippen LogP contribution in [-0.4, -0.2) is 30.3 Å². The lowest BCUT2D eigenvalue weighted by atomic mass is 10.0. The first kappa shape index (κ1) is 13.9. The molecular weight excluding hydrogens is 260 g/mol. The van der Waals surface area contributed by atoms with E-state index in [0.717, 1.165) is 0 Å². The third-order valence-corrected chi connectivity index (χ3v) is 3.03. The molecule has 19 heavy (non-hydrogen) atoms. The summed E-state index contributed by atoms with van der Waals surface area (Å²) in [6.07, 6.45) is -2.42. The number of hydrogen-bond acceptors (Lipinski definition) is 5. The summed E-state index contributed by atoms with van der Waals surface area (Å²) in [4.78, 5) is 15.3. The Morgan fingerprint density at radius 3 is 2.84 bits per heavy atom. The van der Waals surface area contributed by atoms with Gasteiger partial charge in [-0.1, -0.05) is 0 Å². The van der Waals surface area contributed by atoms with Crippen molar-refractivity contribution in [3.8, 4) is 0 Å². The maximum absolute atomic E-state index is 12.9. The second-order valence-corrected chi connectivity index (χ2v) is 4.26. The third kappa shape index (κ3) is 2.75. The van der Waals surface area contributed by atoms with Crippen LogP contribution in [0.15, 0.2) is 4.42 Å². The molecule has 1 aliphatic rings. The van der Waals surface area contributed by atoms with Crippen LogP contribution in [0.4, 0.5) is 8.78 Å². The molecule has 5 nitrogen and oxygen atoms in total. The highest BCUT2D eigenvalue weighted by molar-refractivity contribution is 5.87. The van der Waals surface area contributed by atoms with Gasteiger partial charge in [-0.25, -0.2) is 18.6 Å². The highest BCUT2D eigenvalue weighted by Crippen LogP contribution is 2.34. The van der Waals surface area contributed by atoms with Gasteiger partial charge in [0.05, 0.1) is 18.6 Å². The lowest BCUT2D eigenvalue weighted by molar-refractivity contribution is 0.0471. The van der Waals surface area contributed by atoms with Crippen molar-refractivity contribution in [3.05, 3.63) is 17.3 Å². The van der Waals surface area contributed by atoms with Gasteiger partial charge in [0.25, 0.3) is 6.43 Å². The summed E-state index contributed by atoms with van der Waals surface area (Å²) >= 11 is 0. The van der Waals surface area contributed by atoms with Crippen molar-refractivity contribution >= 4 is 5.97 Å². The minimum absolute atomic E-state index is 0.0838. The van der Waals surface area contributed by atoms with E-state index in [-0.39, 0.29) is 24.5 Å². The number of aromatic nitrogens is 1. The van der Waals surface area contributed by atoms with E-state index in [2.05, 4.69) is 9.72 Å². The van der Waals surface area contributed by atoms with Crippen LogP contribution in [0.5, 0.6) is 0 Å². The Morgan fingerprint density at radius 2 is 2.32 bits per heavy atom. The molecule has 1 aliphatic heterocycles. The average Bonchev–Trinajstić information content (AvgIpc) is 2.94. The standard InChI is InChI=1S/C12H15F2NO4/c1-3-17-12(16)9-8(10(13)14)15-11(19-9)7-4-5-18-6(7)2/h6-7,10H,3-5H2,1-2H3. The maximum Gasteiger partial charge on any atom is 0.376 e. The summed E-state index contributed by atoms with van der Waals surface area (Å²) < 4.78 is 40.9. The molecule has 2 heterocycles. The predicted octanol–water partition coefficient (Wildman–Crippen LogP) is 2.68. The summed E-state index contributed by atoms with van der Waals surface area (Å²) in [6.45, 7) is 4.01. The molecule has 1 aromatic rings. The number of carbonyl (C=O) groups is 1. The molecular formula is C12H15F2NO4. The van der Waals surface area contributed by atoms with Crippen LogP contribution in [0.25, 0.3) is 0 Å². The van der Waals surface area contributed by atoms with Gasteiger partial charge in [0, 0.05) is 6.61 Å². The van der Waals surface area contributed by atoms with Crippen molar-refractivity contribution in [2.75, 3.05) is 13.2 Å². The number of alkyl halides is 2. The molecule has 0 amide bonds. The van der Waals surface area contributed by atoms with Gasteiger partial charge in [-0.05, 0) is 20.3 Å². The Morgan fingerprint density at radius 1 is 1.58 bits per heavy atom. The fraction of sp³-hybridized carbons (Fsp3) is 0.667. The summed E-state index contributed by atoms with van der Waals surface area (Å²) in [5.41, 5.74) is -0.660. The van der Waals surface area contributed by atoms with Crippen molar-refractivity contribution in [2.45, 2.75) is 38.7 Å². The number of oxazole rings is 1. The van der Waals surface area contributed by atoms with Crippen LogP contribution >= 0.6 is 0 Å². The minimum Gasteiger partial charge on any atom is -0.460 e. The molecule has 0 aromatic carbocycles. The molecule has 2 atom stereocenters. The molecule has 2 unspecified atom stereocenters. The third-order valence-electron chi connectivity index (χ3n) is 3.03. The van der Waals surface area contributed by atoms with Crippen molar-refractivity contribution < 1.29 is 27.5 Å². The molecule has 0 N–H and O–H groups in total. The Balaban J connectivity index is 2.32. The highest BCUT2D eigenvalue weighted by Gasteiger charge is 2.34. The number of rotatable bonds is 4. The molecule has 1 aromatic heterocycles. The Labute approximate surface area is 108 Å². The number of nitrogens with zero attached hydrogens (tertiary/aromatic N) is 1. The molecule has 0 aliphatic carbocycles. The summed E-state index contributed by atoms with van der Waals surface area (Å²) in [6, 6.07) is 0. The Bertz CT molecular complexity index is 461. The van der Waals surface area contributed by atoms with E-state index in [4.69, 9.17) is 9.15 Å². The number of carbonyl (C=O) groups excluding carboxylic acids is 1. The zero-order chi connectivity index (χ0) is 14.0. The number of hydrogen-bond donors (Lipinski definition) is 0. The summed E-state index contributed by atoms with van der Waals surface area (Å²) in [5.74, 6) is -1.52. The number of esters is 1. The Hall–Kier alpha value is -1.50. The Kier molecular flexibility index (Phi) is 4.14. The van der Waals surface area contributed by atoms with E-state index in [1.165, 1.54) is 0 Å². The van der Waals surface area contributed by atoms with Gasteiger partial charge < -0.3 is 13.9 Å². The largest absolute Gasteiger partial charge is 0.460 e. The van der Waals surface area contributed by atoms with Gasteiger partial charge in [-0.3, -0.25) is 0 Å². The van der Waals surface area contributed by atoms with E-state index in [1.807, 2.05) is 6.92 Å². The second kappa shape index (κ2) is 5.64. The van der Waals surface area contributed by atoms with E-state index >= 15 is 0 Å². The first-order chi connectivity index (χ1) is 9.04. The van der Waals surface area contributed by atoms with E-state index in [0.29, 0.717) is 13.0 Å². The molecule has 1 saturated heterocycles. The van der Waals surface area contributed by atoms with Crippen LogP contribution in [0.2, 0.25) is 0 Å². The zero-order valence-corrected chi connectivity index (χ0v) is 10.7. The van der Waals surface area contributed by atoms with E-state index in [9.17, 15) is 13.6 Å². The molecule has 0 bridgehead atoms. The monoisotopic (exact) mass is 275 g/mol. The lowest BCUT2D eigenvalue weighted by Gasteiger charge is -2.08. The fourth-order valence-corrected chi connectivity index (χ4v) is 2.05. The van der Waals surface area contributed by atoms with Crippen LogP contribution in [0, 0.1) is 0 Å². The van der Waals surface area contributed by atoms with Crippen molar-refractivity contribution in [1.29, 1.82) is 0 Å². The van der Waals surface area contributed by atoms with E-state index in [1.54, 1.807) is 6.92 Å². The van der Waals surface area contributed by atoms with Crippen LogP contribution < -0.4 is 0 Å².